The van der Waals surface area contributed by atoms with Gasteiger partial charge in [-0.05, 0) is 37.1 Å². The molecule has 1 saturated heterocycles. The Labute approximate surface area is 157 Å². The standard InChI is InChI=1S/C17H24FN3O5S/c18-14-1-3-15(4-2-14)27(25,26)21-10-6-13(7-11-21)17(24)20-8-5-16(23)19-9-12-22/h1-4,13,22H,5-12H2,(H,19,23)(H,20,24). The van der Waals surface area contributed by atoms with Crippen LogP contribution in [-0.4, -0.2) is 62.4 Å². The van der Waals surface area contributed by atoms with E-state index in [0.29, 0.717) is 12.8 Å². The molecule has 2 amide bonds. The average Bonchev–Trinajstić information content (AvgIpc) is 2.66. The molecule has 10 heteroatoms. The first-order chi connectivity index (χ1) is 12.8. The summed E-state index contributed by atoms with van der Waals surface area (Å²) in [7, 11) is -3.70. The quantitative estimate of drug-likeness (QED) is 0.560. The molecule has 0 radical (unpaired) electrons. The molecule has 0 spiro atoms. The van der Waals surface area contributed by atoms with Crippen LogP contribution in [0.2, 0.25) is 0 Å². The van der Waals surface area contributed by atoms with Gasteiger partial charge in [-0.2, -0.15) is 4.31 Å². The Balaban J connectivity index is 1.79. The number of carbonyl (C=O) groups excluding carboxylic acids is 2. The van der Waals surface area contributed by atoms with Crippen LogP contribution in [0.25, 0.3) is 0 Å². The normalized spacial score (nSPS) is 16.1. The molecule has 3 N–H and O–H groups in total. The number of halogens is 1. The maximum atomic E-state index is 13.0. The van der Waals surface area contributed by atoms with Crippen LogP contribution < -0.4 is 10.6 Å². The summed E-state index contributed by atoms with van der Waals surface area (Å²) in [6, 6.07) is 4.66. The Bertz CT molecular complexity index is 746. The van der Waals surface area contributed by atoms with Crippen LogP contribution >= 0.6 is 0 Å². The molecule has 0 saturated carbocycles. The molecule has 2 rings (SSSR count). The van der Waals surface area contributed by atoms with Gasteiger partial charge in [-0.15, -0.1) is 0 Å². The number of rotatable bonds is 8. The Kier molecular flexibility index (Phi) is 7.69. The van der Waals surface area contributed by atoms with Gasteiger partial charge in [0.15, 0.2) is 0 Å². The SMILES string of the molecule is O=C(CCNC(=O)C1CCN(S(=O)(=O)c2ccc(F)cc2)CC1)NCCO. The highest BCUT2D eigenvalue weighted by Gasteiger charge is 2.32. The predicted octanol–water partition coefficient (Wildman–Crippen LogP) is -0.159. The molecule has 1 fully saturated rings. The molecule has 0 unspecified atom stereocenters. The molecule has 0 atom stereocenters. The van der Waals surface area contributed by atoms with Crippen LogP contribution in [0, 0.1) is 11.7 Å². The van der Waals surface area contributed by atoms with Crippen molar-refractivity contribution in [3.63, 3.8) is 0 Å². The van der Waals surface area contributed by atoms with Crippen LogP contribution in [0.4, 0.5) is 4.39 Å². The van der Waals surface area contributed by atoms with Gasteiger partial charge in [0.05, 0.1) is 11.5 Å². The van der Waals surface area contributed by atoms with Gasteiger partial charge in [-0.25, -0.2) is 12.8 Å². The topological polar surface area (TPSA) is 116 Å². The van der Waals surface area contributed by atoms with E-state index in [0.717, 1.165) is 12.1 Å². The van der Waals surface area contributed by atoms with Gasteiger partial charge in [-0.1, -0.05) is 0 Å². The van der Waals surface area contributed by atoms with Crippen molar-refractivity contribution in [1.82, 2.24) is 14.9 Å². The van der Waals surface area contributed by atoms with Crippen molar-refractivity contribution < 1.29 is 27.5 Å². The number of carbonyl (C=O) groups is 2. The van der Waals surface area contributed by atoms with Crippen LogP contribution in [0.15, 0.2) is 29.2 Å². The number of benzene rings is 1. The summed E-state index contributed by atoms with van der Waals surface area (Å²) >= 11 is 0. The maximum Gasteiger partial charge on any atom is 0.243 e. The Morgan fingerprint density at radius 2 is 1.74 bits per heavy atom. The van der Waals surface area contributed by atoms with Gasteiger partial charge in [0, 0.05) is 38.5 Å². The van der Waals surface area contributed by atoms with Crippen LogP contribution in [0.3, 0.4) is 0 Å². The zero-order valence-corrected chi connectivity index (χ0v) is 15.7. The number of aliphatic hydroxyl groups excluding tert-OH is 1. The third-order valence-corrected chi connectivity index (χ3v) is 6.27. The van der Waals surface area contributed by atoms with Crippen molar-refractivity contribution >= 4 is 21.8 Å². The van der Waals surface area contributed by atoms with E-state index in [9.17, 15) is 22.4 Å². The minimum atomic E-state index is -3.70. The molecule has 0 aliphatic carbocycles. The van der Waals surface area contributed by atoms with E-state index in [4.69, 9.17) is 5.11 Å². The number of sulfonamides is 1. The number of amides is 2. The van der Waals surface area contributed by atoms with Crippen molar-refractivity contribution in [2.24, 2.45) is 5.92 Å². The Hall–Kier alpha value is -2.04. The van der Waals surface area contributed by atoms with Crippen molar-refractivity contribution in [1.29, 1.82) is 0 Å². The molecule has 0 bridgehead atoms. The smallest absolute Gasteiger partial charge is 0.243 e. The van der Waals surface area contributed by atoms with Crippen molar-refractivity contribution in [2.45, 2.75) is 24.2 Å². The maximum absolute atomic E-state index is 13.0. The molecule has 150 valence electrons. The highest BCUT2D eigenvalue weighted by Crippen LogP contribution is 2.24. The first-order valence-corrected chi connectivity index (χ1v) is 10.2. The van der Waals surface area contributed by atoms with Gasteiger partial charge in [-0.3, -0.25) is 9.59 Å². The number of piperidine rings is 1. The summed E-state index contributed by atoms with van der Waals surface area (Å²) < 4.78 is 39.4. The van der Waals surface area contributed by atoms with E-state index >= 15 is 0 Å². The van der Waals surface area contributed by atoms with Crippen LogP contribution in [0.1, 0.15) is 19.3 Å². The van der Waals surface area contributed by atoms with Crippen molar-refractivity contribution in [2.75, 3.05) is 32.8 Å². The molecule has 8 nitrogen and oxygen atoms in total. The van der Waals surface area contributed by atoms with Gasteiger partial charge in [0.25, 0.3) is 0 Å². The van der Waals surface area contributed by atoms with Crippen LogP contribution in [-0.2, 0) is 19.6 Å². The molecule has 1 aliphatic rings. The lowest BCUT2D eigenvalue weighted by Gasteiger charge is -2.30. The first kappa shape index (κ1) is 21.3. The fraction of sp³-hybridized carbons (Fsp3) is 0.529. The van der Waals surface area contributed by atoms with Gasteiger partial charge < -0.3 is 15.7 Å². The van der Waals surface area contributed by atoms with Gasteiger partial charge >= 0.3 is 0 Å². The summed E-state index contributed by atoms with van der Waals surface area (Å²) in [5.74, 6) is -1.28. The van der Waals surface area contributed by atoms with Crippen molar-refractivity contribution in [3.05, 3.63) is 30.1 Å². The number of nitrogens with one attached hydrogen (secondary N) is 2. The number of aliphatic hydroxyl groups is 1. The number of nitrogens with zero attached hydrogens (tertiary/aromatic N) is 1. The molecule has 1 aromatic carbocycles. The summed E-state index contributed by atoms with van der Waals surface area (Å²) in [5.41, 5.74) is 0. The second-order valence-electron chi connectivity index (χ2n) is 6.25. The molecule has 0 aromatic heterocycles. The van der Waals surface area contributed by atoms with Crippen molar-refractivity contribution in [3.8, 4) is 0 Å². The fourth-order valence-corrected chi connectivity index (χ4v) is 4.31. The minimum absolute atomic E-state index is 0.0284. The van der Waals surface area contributed by atoms with Gasteiger partial charge in [0.2, 0.25) is 21.8 Å². The highest BCUT2D eigenvalue weighted by atomic mass is 32.2. The first-order valence-electron chi connectivity index (χ1n) is 8.75. The van der Waals surface area contributed by atoms with E-state index in [2.05, 4.69) is 10.6 Å². The second-order valence-corrected chi connectivity index (χ2v) is 8.18. The summed E-state index contributed by atoms with van der Waals surface area (Å²) in [6.45, 7) is 0.624. The minimum Gasteiger partial charge on any atom is -0.395 e. The Morgan fingerprint density at radius 3 is 2.33 bits per heavy atom. The monoisotopic (exact) mass is 401 g/mol. The predicted molar refractivity (Wildman–Crippen MR) is 95.6 cm³/mol. The molecule has 1 aliphatic heterocycles. The number of hydrogen-bond donors (Lipinski definition) is 3. The summed E-state index contributed by atoms with van der Waals surface area (Å²) in [5, 5.41) is 13.8. The van der Waals surface area contributed by atoms with E-state index in [-0.39, 0.29) is 61.8 Å². The number of hydrogen-bond acceptors (Lipinski definition) is 5. The molecular weight excluding hydrogens is 377 g/mol. The third kappa shape index (κ3) is 5.98. The molecule has 27 heavy (non-hydrogen) atoms. The zero-order valence-electron chi connectivity index (χ0n) is 14.9. The lowest BCUT2D eigenvalue weighted by atomic mass is 9.97. The average molecular weight is 401 g/mol. The molecule has 1 aromatic rings. The molecule has 1 heterocycles. The summed E-state index contributed by atoms with van der Waals surface area (Å²) in [4.78, 5) is 23.6. The van der Waals surface area contributed by atoms with Gasteiger partial charge in [0.1, 0.15) is 5.82 Å². The second kappa shape index (κ2) is 9.77. The van der Waals surface area contributed by atoms with Crippen LogP contribution in [0.5, 0.6) is 0 Å². The summed E-state index contributed by atoms with van der Waals surface area (Å²) in [6.07, 6.45) is 0.871. The van der Waals surface area contributed by atoms with E-state index < -0.39 is 15.8 Å². The fourth-order valence-electron chi connectivity index (χ4n) is 2.84. The molecular formula is C17H24FN3O5S. The highest BCUT2D eigenvalue weighted by molar-refractivity contribution is 7.89. The Morgan fingerprint density at radius 1 is 1.11 bits per heavy atom. The van der Waals surface area contributed by atoms with E-state index in [1.165, 1.54) is 16.4 Å². The largest absolute Gasteiger partial charge is 0.395 e. The van der Waals surface area contributed by atoms with E-state index in [1.807, 2.05) is 0 Å². The lowest BCUT2D eigenvalue weighted by molar-refractivity contribution is -0.126. The zero-order chi connectivity index (χ0) is 19.9. The third-order valence-electron chi connectivity index (χ3n) is 4.36. The lowest BCUT2D eigenvalue weighted by Crippen LogP contribution is -2.43. The van der Waals surface area contributed by atoms with E-state index in [1.54, 1.807) is 0 Å².